The Morgan fingerprint density at radius 1 is 0.595 bits per heavy atom. The van der Waals surface area contributed by atoms with Crippen LogP contribution in [0.1, 0.15) is 99.8 Å². The average molecular weight is 586 g/mol. The van der Waals surface area contributed by atoms with Gasteiger partial charge in [-0.05, 0) is 67.3 Å². The molecule has 37 heavy (non-hydrogen) atoms. The first-order valence-electron chi connectivity index (χ1n) is 14.6. The van der Waals surface area contributed by atoms with Gasteiger partial charge in [0.05, 0.1) is 0 Å². The van der Waals surface area contributed by atoms with Crippen LogP contribution in [0.4, 0.5) is 0 Å². The molecule has 2 N–H and O–H groups in total. The number of rotatable bonds is 25. The summed E-state index contributed by atoms with van der Waals surface area (Å²) in [5, 5.41) is 0.318. The van der Waals surface area contributed by atoms with Crippen molar-refractivity contribution in [1.29, 1.82) is 0 Å². The molecule has 0 aromatic carbocycles. The predicted octanol–water partition coefficient (Wildman–Crippen LogP) is 6.43. The monoisotopic (exact) mass is 585 g/mol. The molecule has 0 aromatic heterocycles. The molecule has 0 bridgehead atoms. The van der Waals surface area contributed by atoms with Gasteiger partial charge in [0, 0.05) is 63.9 Å². The zero-order chi connectivity index (χ0) is 28.3. The summed E-state index contributed by atoms with van der Waals surface area (Å²) in [6, 6.07) is 1.61. The molecule has 11 heteroatoms. The van der Waals surface area contributed by atoms with Crippen molar-refractivity contribution in [2.75, 3.05) is 51.9 Å². The molecule has 0 aromatic rings. The summed E-state index contributed by atoms with van der Waals surface area (Å²) in [7, 11) is -4.93. The highest BCUT2D eigenvalue weighted by atomic mass is 32.2. The van der Waals surface area contributed by atoms with Crippen LogP contribution in [-0.2, 0) is 31.4 Å². The maximum absolute atomic E-state index is 11.9. The van der Waals surface area contributed by atoms with E-state index in [1.54, 1.807) is 0 Å². The van der Waals surface area contributed by atoms with Gasteiger partial charge in [-0.2, -0.15) is 0 Å². The molecule has 0 radical (unpaired) electrons. The lowest BCUT2D eigenvalue weighted by molar-refractivity contribution is -0.111. The van der Waals surface area contributed by atoms with E-state index in [0.29, 0.717) is 57.7 Å². The Bertz CT molecular complexity index is 474. The zero-order valence-electron chi connectivity index (χ0n) is 25.1. The van der Waals surface area contributed by atoms with Crippen LogP contribution in [0.3, 0.4) is 0 Å². The minimum Gasteiger partial charge on any atom is -0.374 e. The van der Waals surface area contributed by atoms with E-state index in [0.717, 1.165) is 37.1 Å². The van der Waals surface area contributed by atoms with E-state index in [4.69, 9.17) is 32.3 Å². The third kappa shape index (κ3) is 21.6. The smallest absolute Gasteiger partial charge is 0.374 e. The molecule has 8 nitrogen and oxygen atoms in total. The highest BCUT2D eigenvalue weighted by Crippen LogP contribution is 2.21. The summed E-state index contributed by atoms with van der Waals surface area (Å²) < 4.78 is 34.4. The molecule has 0 saturated heterocycles. The Hall–Kier alpha value is 0.174. The lowest BCUT2D eigenvalue weighted by Crippen LogP contribution is -2.46. The normalized spacial score (nSPS) is 11.9. The minimum atomic E-state index is -2.53. The molecule has 0 aliphatic heterocycles. The van der Waals surface area contributed by atoms with Crippen LogP contribution in [0.15, 0.2) is 0 Å². The van der Waals surface area contributed by atoms with Crippen molar-refractivity contribution < 1.29 is 31.4 Å². The highest BCUT2D eigenvalue weighted by molar-refractivity contribution is 8.13. The number of carbonyl (C=O) groups is 1. The molecule has 0 unspecified atom stereocenters. The number of carbonyl (C=O) groups excluding carboxylic acids is 1. The van der Waals surface area contributed by atoms with Crippen LogP contribution >= 0.6 is 11.8 Å². The summed E-state index contributed by atoms with van der Waals surface area (Å²) in [5.74, 6) is 0.829. The van der Waals surface area contributed by atoms with Crippen LogP contribution in [0.2, 0.25) is 12.1 Å². The minimum absolute atomic E-state index is 0.318. The van der Waals surface area contributed by atoms with E-state index in [1.807, 2.05) is 41.5 Å². The second-order valence-electron chi connectivity index (χ2n) is 8.34. The van der Waals surface area contributed by atoms with Crippen LogP contribution < -0.4 is 5.73 Å². The average Bonchev–Trinajstić information content (AvgIpc) is 2.87. The van der Waals surface area contributed by atoms with Crippen LogP contribution in [0.25, 0.3) is 0 Å². The maximum atomic E-state index is 11.9. The van der Waals surface area contributed by atoms with Crippen LogP contribution in [0, 0.1) is 0 Å². The van der Waals surface area contributed by atoms with Gasteiger partial charge in [-0.1, -0.05) is 44.4 Å². The second-order valence-corrected chi connectivity index (χ2v) is 15.0. The maximum Gasteiger partial charge on any atom is 0.500 e. The van der Waals surface area contributed by atoms with Gasteiger partial charge in [0.2, 0.25) is 0 Å². The first-order valence-corrected chi connectivity index (χ1v) is 19.4. The van der Waals surface area contributed by atoms with Gasteiger partial charge in [-0.25, -0.2) is 0 Å². The standard InChI is InChI=1S/C17H36O4SSi.C9H23NO3Si/c1-5-9-10-11-12-14-17(18)22-15-13-16-23(19-6-2,20-7-3)21-8-4;1-4-11-14(12-5-2,13-6-3)9-7-8-10/h5-16H2,1-4H3;4-10H2,1-3H3. The van der Waals surface area contributed by atoms with Gasteiger partial charge in [0.1, 0.15) is 0 Å². The molecule has 0 aliphatic carbocycles. The molecule has 0 rings (SSSR count). The fraction of sp³-hybridized carbons (Fsp3) is 0.962. The van der Waals surface area contributed by atoms with Crippen molar-refractivity contribution in [3.8, 4) is 0 Å². The Kier molecular flexibility index (Phi) is 29.5. The number of hydrogen-bond acceptors (Lipinski definition) is 9. The van der Waals surface area contributed by atoms with Crippen molar-refractivity contribution in [2.24, 2.45) is 5.73 Å². The fourth-order valence-electron chi connectivity index (χ4n) is 3.74. The third-order valence-electron chi connectivity index (χ3n) is 5.25. The first kappa shape index (κ1) is 39.3. The summed E-state index contributed by atoms with van der Waals surface area (Å²) in [5.41, 5.74) is 5.48. The summed E-state index contributed by atoms with van der Waals surface area (Å²) in [4.78, 5) is 11.9. The summed E-state index contributed by atoms with van der Waals surface area (Å²) in [6.07, 6.45) is 8.48. The number of unbranched alkanes of at least 4 members (excludes halogenated alkanes) is 4. The van der Waals surface area contributed by atoms with Crippen molar-refractivity contribution >= 4 is 34.5 Å². The van der Waals surface area contributed by atoms with E-state index in [1.165, 1.54) is 37.4 Å². The summed E-state index contributed by atoms with van der Waals surface area (Å²) in [6.45, 7) is 18.4. The van der Waals surface area contributed by atoms with Gasteiger partial charge in [0.15, 0.2) is 5.12 Å². The Morgan fingerprint density at radius 2 is 1.00 bits per heavy atom. The SMILES string of the molecule is CCCCCCCC(=O)SCCC[Si](OCC)(OCC)OCC.CCO[Si](CCCN)(OCC)OCC. The lowest BCUT2D eigenvalue weighted by Gasteiger charge is -2.28. The molecule has 0 heterocycles. The van der Waals surface area contributed by atoms with Crippen molar-refractivity contribution in [1.82, 2.24) is 0 Å². The van der Waals surface area contributed by atoms with Gasteiger partial charge in [0.25, 0.3) is 0 Å². The van der Waals surface area contributed by atoms with Crippen molar-refractivity contribution in [2.45, 2.75) is 112 Å². The van der Waals surface area contributed by atoms with E-state index in [9.17, 15) is 4.79 Å². The van der Waals surface area contributed by atoms with Crippen LogP contribution in [-0.4, -0.2) is 74.7 Å². The molecule has 0 fully saturated rings. The highest BCUT2D eigenvalue weighted by Gasteiger charge is 2.40. The first-order chi connectivity index (χ1) is 17.9. The van der Waals surface area contributed by atoms with E-state index >= 15 is 0 Å². The van der Waals surface area contributed by atoms with Gasteiger partial charge in [-0.3, -0.25) is 4.79 Å². The number of hydrogen-bond donors (Lipinski definition) is 1. The van der Waals surface area contributed by atoms with E-state index < -0.39 is 17.6 Å². The van der Waals surface area contributed by atoms with Gasteiger partial charge >= 0.3 is 17.6 Å². The predicted molar refractivity (Wildman–Crippen MR) is 160 cm³/mol. The topological polar surface area (TPSA) is 98.5 Å². The largest absolute Gasteiger partial charge is 0.500 e. The van der Waals surface area contributed by atoms with E-state index in [2.05, 4.69) is 6.92 Å². The molecule has 0 amide bonds. The number of thioether (sulfide) groups is 1. The Labute approximate surface area is 235 Å². The second kappa shape index (κ2) is 27.7. The van der Waals surface area contributed by atoms with E-state index in [-0.39, 0.29) is 0 Å². The molecule has 0 aliphatic rings. The molecular weight excluding hydrogens is 527 g/mol. The quantitative estimate of drug-likeness (QED) is 0.0960. The van der Waals surface area contributed by atoms with Gasteiger partial charge < -0.3 is 32.3 Å². The molecule has 224 valence electrons. The van der Waals surface area contributed by atoms with Crippen molar-refractivity contribution in [3.05, 3.63) is 0 Å². The Morgan fingerprint density at radius 3 is 1.38 bits per heavy atom. The third-order valence-corrected chi connectivity index (χ3v) is 12.6. The fourth-order valence-corrected chi connectivity index (χ4v) is 10.1. The summed E-state index contributed by atoms with van der Waals surface area (Å²) >= 11 is 1.45. The molecule has 0 atom stereocenters. The van der Waals surface area contributed by atoms with Gasteiger partial charge in [-0.15, -0.1) is 0 Å². The zero-order valence-corrected chi connectivity index (χ0v) is 27.9. The Balaban J connectivity index is 0. The number of nitrogens with two attached hydrogens (primary N) is 1. The van der Waals surface area contributed by atoms with Crippen LogP contribution in [0.5, 0.6) is 0 Å². The molecular formula is C26H59NO7SSi2. The lowest BCUT2D eigenvalue weighted by atomic mass is 10.1. The molecule has 0 spiro atoms. The molecule has 0 saturated carbocycles. The van der Waals surface area contributed by atoms with Crippen molar-refractivity contribution in [3.63, 3.8) is 0 Å².